The number of nitrogens with zero attached hydrogens (tertiary/aromatic N) is 3. The fourth-order valence-electron chi connectivity index (χ4n) is 6.46. The van der Waals surface area contributed by atoms with Gasteiger partial charge >= 0.3 is 0 Å². The Labute approximate surface area is 271 Å². The van der Waals surface area contributed by atoms with Gasteiger partial charge < -0.3 is 4.42 Å². The van der Waals surface area contributed by atoms with E-state index in [1.807, 2.05) is 60.7 Å². The lowest BCUT2D eigenvalue weighted by Gasteiger charge is -2.12. The predicted molar refractivity (Wildman–Crippen MR) is 192 cm³/mol. The molecule has 0 unspecified atom stereocenters. The zero-order valence-corrected chi connectivity index (χ0v) is 25.3. The molecular weight excluding hydrogens is 574 g/mol. The van der Waals surface area contributed by atoms with Gasteiger partial charge in [0.25, 0.3) is 0 Å². The largest absolute Gasteiger partial charge is 0.438 e. The number of rotatable bonds is 5. The third-order valence-electron chi connectivity index (χ3n) is 8.69. The number of hydrogen-bond donors (Lipinski definition) is 0. The summed E-state index contributed by atoms with van der Waals surface area (Å²) in [5.41, 5.74) is 11.7. The number of furan rings is 1. The van der Waals surface area contributed by atoms with Crippen LogP contribution in [0.25, 0.3) is 89.1 Å². The van der Waals surface area contributed by atoms with E-state index in [-0.39, 0.29) is 0 Å². The molecule has 0 aliphatic rings. The minimum absolute atomic E-state index is 0.652. The molecular formula is C43H27N3O. The number of para-hydroxylation sites is 2. The smallest absolute Gasteiger partial charge is 0.228 e. The summed E-state index contributed by atoms with van der Waals surface area (Å²) in [6, 6.07) is 56.4. The van der Waals surface area contributed by atoms with Crippen LogP contribution in [-0.4, -0.2) is 15.0 Å². The third kappa shape index (κ3) is 4.84. The molecule has 3 heterocycles. The van der Waals surface area contributed by atoms with E-state index >= 15 is 0 Å². The Balaban J connectivity index is 1.20. The van der Waals surface area contributed by atoms with Crippen LogP contribution >= 0.6 is 0 Å². The van der Waals surface area contributed by atoms with Gasteiger partial charge in [-0.25, -0.2) is 15.0 Å². The summed E-state index contributed by atoms with van der Waals surface area (Å²) >= 11 is 0. The van der Waals surface area contributed by atoms with Crippen molar-refractivity contribution in [2.45, 2.75) is 0 Å². The molecule has 4 heteroatoms. The van der Waals surface area contributed by atoms with E-state index in [2.05, 4.69) is 103 Å². The van der Waals surface area contributed by atoms with Gasteiger partial charge in [0.15, 0.2) is 5.82 Å². The van der Waals surface area contributed by atoms with E-state index < -0.39 is 0 Å². The summed E-state index contributed by atoms with van der Waals surface area (Å²) in [5.74, 6) is 0.704. The highest BCUT2D eigenvalue weighted by Crippen LogP contribution is 2.41. The summed E-state index contributed by atoms with van der Waals surface area (Å²) in [5, 5.41) is 3.20. The van der Waals surface area contributed by atoms with E-state index in [4.69, 9.17) is 19.4 Å². The normalized spacial score (nSPS) is 11.4. The molecule has 3 aromatic heterocycles. The summed E-state index contributed by atoms with van der Waals surface area (Å²) in [4.78, 5) is 14.9. The monoisotopic (exact) mass is 601 g/mol. The average molecular weight is 602 g/mol. The second-order valence-corrected chi connectivity index (χ2v) is 11.6. The second kappa shape index (κ2) is 11.2. The zero-order chi connectivity index (χ0) is 31.2. The maximum Gasteiger partial charge on any atom is 0.228 e. The molecule has 0 saturated carbocycles. The summed E-state index contributed by atoms with van der Waals surface area (Å²) in [7, 11) is 0. The van der Waals surface area contributed by atoms with Crippen LogP contribution in [0.3, 0.4) is 0 Å². The predicted octanol–water partition coefficient (Wildman–Crippen LogP) is 11.3. The van der Waals surface area contributed by atoms with E-state index in [0.717, 1.165) is 77.6 Å². The number of pyridine rings is 1. The van der Waals surface area contributed by atoms with Crippen LogP contribution in [0, 0.1) is 0 Å². The standard InChI is InChI=1S/C43H27N3O/c1-3-13-28(14-4-1)37-27-38(45-42(44-37)29-15-5-2-6-16-29)32-19-11-17-30(25-32)31-18-12-20-33(26-31)40-34-21-7-9-23-36(34)46-43-41(40)35-22-8-10-24-39(35)47-43/h1-27H. The van der Waals surface area contributed by atoms with Crippen LogP contribution in [0.5, 0.6) is 0 Å². The van der Waals surface area contributed by atoms with Gasteiger partial charge in [-0.2, -0.15) is 0 Å². The van der Waals surface area contributed by atoms with Crippen molar-refractivity contribution in [1.82, 2.24) is 15.0 Å². The molecule has 47 heavy (non-hydrogen) atoms. The average Bonchev–Trinajstić information content (AvgIpc) is 3.52. The van der Waals surface area contributed by atoms with E-state index in [1.54, 1.807) is 0 Å². The molecule has 0 atom stereocenters. The van der Waals surface area contributed by atoms with Crippen LogP contribution in [0.15, 0.2) is 168 Å². The van der Waals surface area contributed by atoms with Gasteiger partial charge in [0.05, 0.1) is 22.3 Å². The van der Waals surface area contributed by atoms with Crippen molar-refractivity contribution in [2.75, 3.05) is 0 Å². The molecule has 0 fully saturated rings. The lowest BCUT2D eigenvalue weighted by Crippen LogP contribution is -1.96. The lowest BCUT2D eigenvalue weighted by molar-refractivity contribution is 0.656. The third-order valence-corrected chi connectivity index (χ3v) is 8.69. The number of benzene rings is 6. The summed E-state index contributed by atoms with van der Waals surface area (Å²) in [6.45, 7) is 0. The topological polar surface area (TPSA) is 51.8 Å². The highest BCUT2D eigenvalue weighted by Gasteiger charge is 2.18. The van der Waals surface area contributed by atoms with Crippen LogP contribution in [0.4, 0.5) is 0 Å². The number of hydrogen-bond acceptors (Lipinski definition) is 4. The molecule has 0 spiro atoms. The first kappa shape index (κ1) is 27.0. The molecule has 0 radical (unpaired) electrons. The SMILES string of the molecule is c1ccc(-c2cc(-c3cccc(-c4cccc(-c5c6ccccc6nc6oc7ccccc7c56)c4)c3)nc(-c3ccccc3)n2)cc1. The Morgan fingerprint density at radius 2 is 0.936 bits per heavy atom. The van der Waals surface area contributed by atoms with Crippen molar-refractivity contribution in [3.05, 3.63) is 164 Å². The summed E-state index contributed by atoms with van der Waals surface area (Å²) < 4.78 is 6.26. The molecule has 0 amide bonds. The van der Waals surface area contributed by atoms with Crippen LogP contribution < -0.4 is 0 Å². The van der Waals surface area contributed by atoms with Gasteiger partial charge in [-0.05, 0) is 47.0 Å². The van der Waals surface area contributed by atoms with Crippen molar-refractivity contribution >= 4 is 33.0 Å². The molecule has 0 saturated heterocycles. The van der Waals surface area contributed by atoms with Gasteiger partial charge in [-0.15, -0.1) is 0 Å². The highest BCUT2D eigenvalue weighted by atomic mass is 16.3. The molecule has 9 rings (SSSR count). The van der Waals surface area contributed by atoms with Crippen molar-refractivity contribution in [3.63, 3.8) is 0 Å². The maximum absolute atomic E-state index is 6.26. The first-order chi connectivity index (χ1) is 23.3. The van der Waals surface area contributed by atoms with E-state index in [0.29, 0.717) is 11.5 Å². The fourth-order valence-corrected chi connectivity index (χ4v) is 6.46. The van der Waals surface area contributed by atoms with Gasteiger partial charge in [-0.3, -0.25) is 0 Å². The Morgan fingerprint density at radius 3 is 1.70 bits per heavy atom. The Kier molecular flexibility index (Phi) is 6.43. The molecule has 0 aliphatic heterocycles. The maximum atomic E-state index is 6.26. The Hall–Kier alpha value is -6.39. The molecule has 0 aliphatic carbocycles. The van der Waals surface area contributed by atoms with Crippen molar-refractivity contribution in [1.29, 1.82) is 0 Å². The van der Waals surface area contributed by atoms with E-state index in [9.17, 15) is 0 Å². The van der Waals surface area contributed by atoms with Gasteiger partial charge in [-0.1, -0.05) is 133 Å². The number of fused-ring (bicyclic) bond motifs is 4. The zero-order valence-electron chi connectivity index (χ0n) is 25.3. The fraction of sp³-hybridized carbons (Fsp3) is 0. The number of aromatic nitrogens is 3. The minimum Gasteiger partial charge on any atom is -0.438 e. The van der Waals surface area contributed by atoms with Gasteiger partial charge in [0, 0.05) is 33.0 Å². The quantitative estimate of drug-likeness (QED) is 0.197. The Morgan fingerprint density at radius 1 is 0.383 bits per heavy atom. The van der Waals surface area contributed by atoms with Crippen molar-refractivity contribution in [3.8, 4) is 56.2 Å². The van der Waals surface area contributed by atoms with E-state index in [1.165, 1.54) is 0 Å². The van der Waals surface area contributed by atoms with Crippen molar-refractivity contribution in [2.24, 2.45) is 0 Å². The molecule has 220 valence electrons. The molecule has 9 aromatic rings. The molecule has 6 aromatic carbocycles. The summed E-state index contributed by atoms with van der Waals surface area (Å²) in [6.07, 6.45) is 0. The molecule has 0 bridgehead atoms. The Bertz CT molecular complexity index is 2510. The lowest BCUT2D eigenvalue weighted by atomic mass is 9.93. The van der Waals surface area contributed by atoms with Crippen LogP contribution in [0.1, 0.15) is 0 Å². The first-order valence-corrected chi connectivity index (χ1v) is 15.7. The van der Waals surface area contributed by atoms with Crippen molar-refractivity contribution < 1.29 is 4.42 Å². The van der Waals surface area contributed by atoms with Crippen LogP contribution in [-0.2, 0) is 0 Å². The van der Waals surface area contributed by atoms with Crippen LogP contribution in [0.2, 0.25) is 0 Å². The second-order valence-electron chi connectivity index (χ2n) is 11.6. The minimum atomic E-state index is 0.652. The molecule has 4 nitrogen and oxygen atoms in total. The van der Waals surface area contributed by atoms with Gasteiger partial charge in [0.1, 0.15) is 5.58 Å². The highest BCUT2D eigenvalue weighted by molar-refractivity contribution is 6.18. The molecule has 0 N–H and O–H groups in total. The van der Waals surface area contributed by atoms with Gasteiger partial charge in [0.2, 0.25) is 5.71 Å². The first-order valence-electron chi connectivity index (χ1n) is 15.7.